The van der Waals surface area contributed by atoms with Gasteiger partial charge in [-0.2, -0.15) is 0 Å². The van der Waals surface area contributed by atoms with Gasteiger partial charge in [0.1, 0.15) is 0 Å². The van der Waals surface area contributed by atoms with Gasteiger partial charge in [-0.15, -0.1) is 11.3 Å². The van der Waals surface area contributed by atoms with E-state index in [1.165, 1.54) is 23.3 Å². The summed E-state index contributed by atoms with van der Waals surface area (Å²) in [4.78, 5) is 13.8. The van der Waals surface area contributed by atoms with Gasteiger partial charge in [-0.1, -0.05) is 13.8 Å². The zero-order valence-corrected chi connectivity index (χ0v) is 12.3. The van der Waals surface area contributed by atoms with E-state index < -0.39 is 0 Å². The maximum Gasteiger partial charge on any atom is 0.252 e. The maximum atomic E-state index is 12.4. The summed E-state index contributed by atoms with van der Waals surface area (Å²) in [7, 11) is 0. The van der Waals surface area contributed by atoms with E-state index in [2.05, 4.69) is 5.32 Å². The summed E-state index contributed by atoms with van der Waals surface area (Å²) in [5.41, 5.74) is 1.94. The number of aliphatic hydroxyl groups is 1. The number of fused-ring (bicyclic) bond motifs is 1. The summed E-state index contributed by atoms with van der Waals surface area (Å²) >= 11 is 1.72. The van der Waals surface area contributed by atoms with Crippen LogP contribution in [0.1, 0.15) is 53.9 Å². The maximum absolute atomic E-state index is 12.4. The second-order valence-electron chi connectivity index (χ2n) is 6.36. The van der Waals surface area contributed by atoms with E-state index in [1.807, 2.05) is 19.2 Å². The third kappa shape index (κ3) is 2.11. The van der Waals surface area contributed by atoms with Gasteiger partial charge < -0.3 is 10.4 Å². The van der Waals surface area contributed by atoms with Gasteiger partial charge in [0.15, 0.2) is 0 Å². The number of aryl methyl sites for hydroxylation is 1. The third-order valence-corrected chi connectivity index (χ3v) is 5.92. The van der Waals surface area contributed by atoms with Crippen LogP contribution in [-0.2, 0) is 12.8 Å². The largest absolute Gasteiger partial charge is 0.392 e. The van der Waals surface area contributed by atoms with Gasteiger partial charge in [0.05, 0.1) is 11.7 Å². The summed E-state index contributed by atoms with van der Waals surface area (Å²) in [6.07, 6.45) is 4.98. The zero-order valence-electron chi connectivity index (χ0n) is 11.5. The Balaban J connectivity index is 1.73. The van der Waals surface area contributed by atoms with Crippen molar-refractivity contribution in [1.82, 2.24) is 5.32 Å². The van der Waals surface area contributed by atoms with E-state index in [9.17, 15) is 9.90 Å². The smallest absolute Gasteiger partial charge is 0.252 e. The number of amides is 1. The van der Waals surface area contributed by atoms with Gasteiger partial charge in [0.25, 0.3) is 5.91 Å². The van der Waals surface area contributed by atoms with Crippen molar-refractivity contribution in [2.75, 3.05) is 0 Å². The van der Waals surface area contributed by atoms with E-state index in [0.29, 0.717) is 6.42 Å². The zero-order chi connectivity index (χ0) is 13.6. The SMILES string of the molecule is CC1(C)C(O)CC1NC(=O)c1csc2c1CCCC2. The van der Waals surface area contributed by atoms with E-state index in [4.69, 9.17) is 0 Å². The highest BCUT2D eigenvalue weighted by atomic mass is 32.1. The molecule has 0 spiro atoms. The van der Waals surface area contributed by atoms with Crippen LogP contribution in [0.25, 0.3) is 0 Å². The minimum atomic E-state index is -0.297. The number of aliphatic hydroxyl groups excluding tert-OH is 1. The van der Waals surface area contributed by atoms with E-state index in [0.717, 1.165) is 18.4 Å². The molecule has 0 bridgehead atoms. The second kappa shape index (κ2) is 4.60. The van der Waals surface area contributed by atoms with Crippen LogP contribution in [0.5, 0.6) is 0 Å². The fraction of sp³-hybridized carbons (Fsp3) is 0.667. The molecule has 1 saturated carbocycles. The molecule has 2 aliphatic carbocycles. The van der Waals surface area contributed by atoms with E-state index >= 15 is 0 Å². The van der Waals surface area contributed by atoms with Crippen LogP contribution in [0.2, 0.25) is 0 Å². The number of nitrogens with one attached hydrogen (secondary N) is 1. The van der Waals surface area contributed by atoms with Gasteiger partial charge >= 0.3 is 0 Å². The van der Waals surface area contributed by atoms with Crippen LogP contribution >= 0.6 is 11.3 Å². The lowest BCUT2D eigenvalue weighted by Crippen LogP contribution is -2.61. The van der Waals surface area contributed by atoms with Crippen molar-refractivity contribution in [3.8, 4) is 0 Å². The van der Waals surface area contributed by atoms with Crippen molar-refractivity contribution in [3.05, 3.63) is 21.4 Å². The number of hydrogen-bond donors (Lipinski definition) is 2. The van der Waals surface area contributed by atoms with Crippen LogP contribution in [0, 0.1) is 5.41 Å². The molecule has 1 fully saturated rings. The Morgan fingerprint density at radius 3 is 2.84 bits per heavy atom. The molecule has 2 N–H and O–H groups in total. The van der Waals surface area contributed by atoms with Gasteiger partial charge in [0, 0.05) is 21.7 Å². The van der Waals surface area contributed by atoms with Crippen molar-refractivity contribution in [1.29, 1.82) is 0 Å². The van der Waals surface area contributed by atoms with Gasteiger partial charge in [-0.25, -0.2) is 0 Å². The average Bonchev–Trinajstić information content (AvgIpc) is 2.82. The molecule has 1 aromatic rings. The fourth-order valence-electron chi connectivity index (χ4n) is 3.07. The molecular weight excluding hydrogens is 258 g/mol. The molecule has 104 valence electrons. The molecular formula is C15H21NO2S. The molecule has 0 saturated heterocycles. The summed E-state index contributed by atoms with van der Waals surface area (Å²) in [6.45, 7) is 4.02. The minimum Gasteiger partial charge on any atom is -0.392 e. The molecule has 0 aliphatic heterocycles. The first-order valence-electron chi connectivity index (χ1n) is 7.08. The first-order chi connectivity index (χ1) is 9.00. The van der Waals surface area contributed by atoms with Crippen molar-refractivity contribution in [3.63, 3.8) is 0 Å². The number of rotatable bonds is 2. The topological polar surface area (TPSA) is 49.3 Å². The van der Waals surface area contributed by atoms with Gasteiger partial charge in [-0.3, -0.25) is 4.79 Å². The van der Waals surface area contributed by atoms with Crippen molar-refractivity contribution < 1.29 is 9.90 Å². The molecule has 2 atom stereocenters. The second-order valence-corrected chi connectivity index (χ2v) is 7.32. The Bertz CT molecular complexity index is 506. The van der Waals surface area contributed by atoms with Crippen LogP contribution in [-0.4, -0.2) is 23.2 Å². The van der Waals surface area contributed by atoms with Crippen LogP contribution < -0.4 is 5.32 Å². The highest BCUT2D eigenvalue weighted by molar-refractivity contribution is 7.10. The Morgan fingerprint density at radius 1 is 1.42 bits per heavy atom. The highest BCUT2D eigenvalue weighted by Crippen LogP contribution is 2.40. The molecule has 2 aliphatic rings. The molecule has 1 heterocycles. The van der Waals surface area contributed by atoms with Gasteiger partial charge in [0.2, 0.25) is 0 Å². The average molecular weight is 279 g/mol. The van der Waals surface area contributed by atoms with Crippen LogP contribution in [0.4, 0.5) is 0 Å². The molecule has 1 amide bonds. The molecule has 0 radical (unpaired) electrons. The predicted octanol–water partition coefficient (Wildman–Crippen LogP) is 2.52. The normalized spacial score (nSPS) is 28.4. The van der Waals surface area contributed by atoms with E-state index in [-0.39, 0.29) is 23.5 Å². The van der Waals surface area contributed by atoms with Crippen molar-refractivity contribution in [2.45, 2.75) is 58.1 Å². The first kappa shape index (κ1) is 13.1. The standard InChI is InChI=1S/C15H21NO2S/c1-15(2)12(7-13(15)17)16-14(18)10-8-19-11-6-4-3-5-9(10)11/h8,12-13,17H,3-7H2,1-2H3,(H,16,18). The monoisotopic (exact) mass is 279 g/mol. The molecule has 0 aromatic carbocycles. The molecule has 3 rings (SSSR count). The summed E-state index contributed by atoms with van der Waals surface area (Å²) in [5, 5.41) is 14.8. The number of carbonyl (C=O) groups excluding carboxylic acids is 1. The summed E-state index contributed by atoms with van der Waals surface area (Å²) in [6, 6.07) is 0.0918. The highest BCUT2D eigenvalue weighted by Gasteiger charge is 2.48. The molecule has 1 aromatic heterocycles. The van der Waals surface area contributed by atoms with Gasteiger partial charge in [-0.05, 0) is 37.7 Å². The quantitative estimate of drug-likeness (QED) is 0.874. The number of hydrogen-bond acceptors (Lipinski definition) is 3. The van der Waals surface area contributed by atoms with Crippen molar-refractivity contribution >= 4 is 17.2 Å². The lowest BCUT2D eigenvalue weighted by Gasteiger charge is -2.49. The Morgan fingerprint density at radius 2 is 2.16 bits per heavy atom. The molecule has 19 heavy (non-hydrogen) atoms. The molecule has 3 nitrogen and oxygen atoms in total. The minimum absolute atomic E-state index is 0.0457. The number of thiophene rings is 1. The lowest BCUT2D eigenvalue weighted by atomic mass is 9.64. The lowest BCUT2D eigenvalue weighted by molar-refractivity contribution is -0.0689. The first-order valence-corrected chi connectivity index (χ1v) is 7.96. The Hall–Kier alpha value is -0.870. The Kier molecular flexibility index (Phi) is 3.18. The Labute approximate surface area is 118 Å². The predicted molar refractivity (Wildman–Crippen MR) is 76.6 cm³/mol. The third-order valence-electron chi connectivity index (χ3n) is 4.83. The number of carbonyl (C=O) groups is 1. The van der Waals surface area contributed by atoms with Crippen LogP contribution in [0.3, 0.4) is 0 Å². The molecule has 4 heteroatoms. The van der Waals surface area contributed by atoms with Crippen molar-refractivity contribution in [2.24, 2.45) is 5.41 Å². The van der Waals surface area contributed by atoms with Crippen LogP contribution in [0.15, 0.2) is 5.38 Å². The van der Waals surface area contributed by atoms with E-state index in [1.54, 1.807) is 11.3 Å². The molecule has 2 unspecified atom stereocenters. The summed E-state index contributed by atoms with van der Waals surface area (Å²) < 4.78 is 0. The fourth-order valence-corrected chi connectivity index (χ4v) is 4.19. The summed E-state index contributed by atoms with van der Waals surface area (Å²) in [5.74, 6) is 0.0457.